The Morgan fingerprint density at radius 1 is 1.41 bits per heavy atom. The Bertz CT molecular complexity index is 425. The van der Waals surface area contributed by atoms with Crippen LogP contribution in [-0.4, -0.2) is 16.5 Å². The molecule has 0 unspecified atom stereocenters. The van der Waals surface area contributed by atoms with E-state index in [0.717, 1.165) is 30.5 Å². The Morgan fingerprint density at radius 2 is 2.18 bits per heavy atom. The van der Waals surface area contributed by atoms with Crippen molar-refractivity contribution in [2.24, 2.45) is 11.3 Å². The molecule has 2 saturated carbocycles. The van der Waals surface area contributed by atoms with Crippen LogP contribution in [0.3, 0.4) is 0 Å². The molecule has 3 nitrogen and oxygen atoms in total. The van der Waals surface area contributed by atoms with Gasteiger partial charge in [-0.2, -0.15) is 0 Å². The molecule has 0 saturated heterocycles. The van der Waals surface area contributed by atoms with Crippen molar-refractivity contribution in [3.05, 3.63) is 17.0 Å². The zero-order valence-corrected chi connectivity index (χ0v) is 10.9. The smallest absolute Gasteiger partial charge is 0.134 e. The molecule has 2 fully saturated rings. The van der Waals surface area contributed by atoms with Crippen LogP contribution in [0.15, 0.2) is 6.07 Å². The standard InChI is InChI=1S/C13H18ClN3/c1-2-11-16-10(14)7-12(17-11)15-8-13(5-6-13)9-3-4-9/h7,9H,2-6,8H2,1H3,(H,15,16,17). The molecular formula is C13H18ClN3. The molecule has 0 aliphatic heterocycles. The average Bonchev–Trinajstić information content (AvgIpc) is 3.15. The molecule has 1 heterocycles. The largest absolute Gasteiger partial charge is 0.369 e. The van der Waals surface area contributed by atoms with Crippen LogP contribution >= 0.6 is 11.6 Å². The molecule has 2 aliphatic carbocycles. The first-order valence-electron chi connectivity index (χ1n) is 6.49. The Kier molecular flexibility index (Phi) is 2.74. The van der Waals surface area contributed by atoms with E-state index in [1.807, 2.05) is 13.0 Å². The van der Waals surface area contributed by atoms with E-state index in [4.69, 9.17) is 11.6 Å². The van der Waals surface area contributed by atoms with Crippen molar-refractivity contribution in [3.63, 3.8) is 0 Å². The highest BCUT2D eigenvalue weighted by atomic mass is 35.5. The van der Waals surface area contributed by atoms with Crippen LogP contribution in [0.2, 0.25) is 5.15 Å². The maximum Gasteiger partial charge on any atom is 0.134 e. The molecule has 3 rings (SSSR count). The van der Waals surface area contributed by atoms with Crippen molar-refractivity contribution in [3.8, 4) is 0 Å². The number of rotatable bonds is 5. The molecule has 0 bridgehead atoms. The van der Waals surface area contributed by atoms with Gasteiger partial charge in [-0.25, -0.2) is 9.97 Å². The number of nitrogens with one attached hydrogen (secondary N) is 1. The van der Waals surface area contributed by atoms with E-state index >= 15 is 0 Å². The molecule has 0 aromatic carbocycles. The van der Waals surface area contributed by atoms with Crippen LogP contribution in [0.1, 0.15) is 38.4 Å². The second-order valence-electron chi connectivity index (χ2n) is 5.34. The molecule has 0 spiro atoms. The minimum atomic E-state index is 0.538. The second-order valence-corrected chi connectivity index (χ2v) is 5.72. The maximum absolute atomic E-state index is 5.98. The Balaban J connectivity index is 1.66. The lowest BCUT2D eigenvalue weighted by atomic mass is 10.0. The third kappa shape index (κ3) is 2.39. The number of hydrogen-bond donors (Lipinski definition) is 1. The fourth-order valence-electron chi connectivity index (χ4n) is 2.57. The summed E-state index contributed by atoms with van der Waals surface area (Å²) in [6, 6.07) is 1.82. The lowest BCUT2D eigenvalue weighted by Crippen LogP contribution is -2.18. The van der Waals surface area contributed by atoms with Crippen molar-refractivity contribution in [1.82, 2.24) is 9.97 Å². The van der Waals surface area contributed by atoms with Crippen molar-refractivity contribution in [2.75, 3.05) is 11.9 Å². The van der Waals surface area contributed by atoms with Gasteiger partial charge in [-0.3, -0.25) is 0 Å². The summed E-state index contributed by atoms with van der Waals surface area (Å²) in [6.45, 7) is 3.09. The predicted octanol–water partition coefficient (Wildman–Crippen LogP) is 3.29. The highest BCUT2D eigenvalue weighted by molar-refractivity contribution is 6.29. The van der Waals surface area contributed by atoms with Crippen molar-refractivity contribution in [2.45, 2.75) is 39.0 Å². The normalized spacial score (nSPS) is 21.3. The fourth-order valence-corrected chi connectivity index (χ4v) is 2.77. The van der Waals surface area contributed by atoms with Crippen LogP contribution in [-0.2, 0) is 6.42 Å². The van der Waals surface area contributed by atoms with Gasteiger partial charge >= 0.3 is 0 Å². The second kappa shape index (κ2) is 4.13. The van der Waals surface area contributed by atoms with E-state index in [9.17, 15) is 0 Å². The third-order valence-electron chi connectivity index (χ3n) is 4.01. The molecule has 1 aromatic heterocycles. The lowest BCUT2D eigenvalue weighted by molar-refractivity contribution is 0.466. The van der Waals surface area contributed by atoms with Gasteiger partial charge in [-0.05, 0) is 37.0 Å². The minimum Gasteiger partial charge on any atom is -0.369 e. The molecule has 0 amide bonds. The molecule has 92 valence electrons. The number of aromatic nitrogens is 2. The maximum atomic E-state index is 5.98. The molecule has 0 radical (unpaired) electrons. The molecular weight excluding hydrogens is 234 g/mol. The Morgan fingerprint density at radius 3 is 2.76 bits per heavy atom. The monoisotopic (exact) mass is 251 g/mol. The summed E-state index contributed by atoms with van der Waals surface area (Å²) in [5, 5.41) is 3.99. The van der Waals surface area contributed by atoms with Gasteiger partial charge in [0.05, 0.1) is 0 Å². The minimum absolute atomic E-state index is 0.538. The average molecular weight is 252 g/mol. The molecule has 4 heteroatoms. The first kappa shape index (κ1) is 11.3. The van der Waals surface area contributed by atoms with Gasteiger partial charge in [-0.15, -0.1) is 0 Å². The number of hydrogen-bond acceptors (Lipinski definition) is 3. The van der Waals surface area contributed by atoms with Crippen LogP contribution < -0.4 is 5.32 Å². The van der Waals surface area contributed by atoms with Crippen LogP contribution in [0, 0.1) is 11.3 Å². The lowest BCUT2D eigenvalue weighted by Gasteiger charge is -2.15. The van der Waals surface area contributed by atoms with E-state index < -0.39 is 0 Å². The van der Waals surface area contributed by atoms with Crippen molar-refractivity contribution in [1.29, 1.82) is 0 Å². The number of aryl methyl sites for hydroxylation is 1. The van der Waals surface area contributed by atoms with Crippen LogP contribution in [0.5, 0.6) is 0 Å². The zero-order valence-electron chi connectivity index (χ0n) is 10.2. The number of anilines is 1. The number of halogens is 1. The Labute approximate surface area is 107 Å². The molecule has 2 aliphatic rings. The quantitative estimate of drug-likeness (QED) is 0.816. The fraction of sp³-hybridized carbons (Fsp3) is 0.692. The first-order valence-corrected chi connectivity index (χ1v) is 6.87. The highest BCUT2D eigenvalue weighted by Crippen LogP contribution is 2.61. The first-order chi connectivity index (χ1) is 8.22. The van der Waals surface area contributed by atoms with Crippen molar-refractivity contribution >= 4 is 17.4 Å². The summed E-state index contributed by atoms with van der Waals surface area (Å²) >= 11 is 5.98. The SMILES string of the molecule is CCc1nc(Cl)cc(NCC2(C3CC3)CC2)n1. The van der Waals surface area contributed by atoms with E-state index in [1.54, 1.807) is 0 Å². The van der Waals surface area contributed by atoms with Gasteiger partial charge < -0.3 is 5.32 Å². The summed E-state index contributed by atoms with van der Waals surface area (Å²) < 4.78 is 0. The highest BCUT2D eigenvalue weighted by Gasteiger charge is 2.53. The predicted molar refractivity (Wildman–Crippen MR) is 69.3 cm³/mol. The van der Waals surface area contributed by atoms with Gasteiger partial charge in [0.15, 0.2) is 0 Å². The van der Waals surface area contributed by atoms with Gasteiger partial charge in [-0.1, -0.05) is 18.5 Å². The molecule has 17 heavy (non-hydrogen) atoms. The molecule has 0 atom stereocenters. The van der Waals surface area contributed by atoms with Gasteiger partial charge in [0.1, 0.15) is 16.8 Å². The zero-order chi connectivity index (χ0) is 11.9. The van der Waals surface area contributed by atoms with Crippen LogP contribution in [0.4, 0.5) is 5.82 Å². The summed E-state index contributed by atoms with van der Waals surface area (Å²) in [5.41, 5.74) is 0.587. The summed E-state index contributed by atoms with van der Waals surface area (Å²) in [7, 11) is 0. The van der Waals surface area contributed by atoms with Crippen molar-refractivity contribution < 1.29 is 0 Å². The summed E-state index contributed by atoms with van der Waals surface area (Å²) in [5.74, 6) is 2.67. The number of nitrogens with zero attached hydrogens (tertiary/aromatic N) is 2. The summed E-state index contributed by atoms with van der Waals surface area (Å²) in [6.07, 6.45) is 6.43. The molecule has 1 aromatic rings. The van der Waals surface area contributed by atoms with Gasteiger partial charge in [0.25, 0.3) is 0 Å². The Hall–Kier alpha value is -0.830. The molecule has 1 N–H and O–H groups in total. The van der Waals surface area contributed by atoms with E-state index in [1.165, 1.54) is 25.7 Å². The summed E-state index contributed by atoms with van der Waals surface area (Å²) in [4.78, 5) is 8.63. The third-order valence-corrected chi connectivity index (χ3v) is 4.21. The van der Waals surface area contributed by atoms with E-state index in [-0.39, 0.29) is 0 Å². The van der Waals surface area contributed by atoms with Gasteiger partial charge in [0, 0.05) is 19.0 Å². The topological polar surface area (TPSA) is 37.8 Å². The van der Waals surface area contributed by atoms with Crippen LogP contribution in [0.25, 0.3) is 0 Å². The van der Waals surface area contributed by atoms with Gasteiger partial charge in [0.2, 0.25) is 0 Å². The van der Waals surface area contributed by atoms with E-state index in [0.29, 0.717) is 10.6 Å². The van der Waals surface area contributed by atoms with E-state index in [2.05, 4.69) is 15.3 Å².